The van der Waals surface area contributed by atoms with Crippen LogP contribution in [0.5, 0.6) is 0 Å². The molecule has 6 heteroatoms. The molecule has 108 valence electrons. The summed E-state index contributed by atoms with van der Waals surface area (Å²) >= 11 is 0. The van der Waals surface area contributed by atoms with Crippen molar-refractivity contribution in [2.24, 2.45) is 0 Å². The lowest BCUT2D eigenvalue weighted by Gasteiger charge is -2.25. The first-order chi connectivity index (χ1) is 8.66. The molecule has 19 heavy (non-hydrogen) atoms. The Bertz CT molecular complexity index is 441. The van der Waals surface area contributed by atoms with Crippen LogP contribution in [0.1, 0.15) is 32.2 Å². The number of nitrogens with one attached hydrogen (secondary N) is 1. The molecule has 4 nitrogen and oxygen atoms in total. The van der Waals surface area contributed by atoms with Crippen LogP contribution in [0.15, 0.2) is 0 Å². The zero-order chi connectivity index (χ0) is 14.8. The molecule has 0 spiro atoms. The van der Waals surface area contributed by atoms with Crippen molar-refractivity contribution < 1.29 is 8.78 Å². The molecule has 1 heterocycles. The van der Waals surface area contributed by atoms with Crippen molar-refractivity contribution in [2.75, 3.05) is 30.9 Å². The molecule has 0 radical (unpaired) electrons. The molecule has 0 amide bonds. The van der Waals surface area contributed by atoms with E-state index in [1.54, 1.807) is 14.1 Å². The molecule has 0 saturated carbocycles. The van der Waals surface area contributed by atoms with Gasteiger partial charge in [0, 0.05) is 25.1 Å². The second kappa shape index (κ2) is 5.67. The van der Waals surface area contributed by atoms with Gasteiger partial charge in [-0.15, -0.1) is 0 Å². The van der Waals surface area contributed by atoms with E-state index < -0.39 is 6.43 Å². The molecule has 1 rings (SSSR count). The minimum atomic E-state index is -2.39. The molecule has 0 unspecified atom stereocenters. The van der Waals surface area contributed by atoms with Crippen molar-refractivity contribution >= 4 is 11.6 Å². The first-order valence-electron chi connectivity index (χ1n) is 6.23. The summed E-state index contributed by atoms with van der Waals surface area (Å²) in [6.07, 6.45) is -2.39. The average Bonchev–Trinajstić information content (AvgIpc) is 2.26. The predicted molar refractivity (Wildman–Crippen MR) is 74.3 cm³/mol. The highest BCUT2D eigenvalue weighted by Crippen LogP contribution is 2.27. The summed E-state index contributed by atoms with van der Waals surface area (Å²) in [6.45, 7) is 7.47. The Hall–Kier alpha value is -1.46. The monoisotopic (exact) mass is 272 g/mol. The Morgan fingerprint density at radius 1 is 1.26 bits per heavy atom. The molecule has 0 fully saturated rings. The highest BCUT2D eigenvalue weighted by atomic mass is 19.3. The summed E-state index contributed by atoms with van der Waals surface area (Å²) in [5.74, 6) is 1.86. The van der Waals surface area contributed by atoms with Gasteiger partial charge in [-0.2, -0.15) is 0 Å². The Balaban J connectivity index is 3.29. The van der Waals surface area contributed by atoms with Crippen molar-refractivity contribution in [2.45, 2.75) is 39.5 Å². The van der Waals surface area contributed by atoms with Gasteiger partial charge < -0.3 is 10.2 Å². The number of alkyl halides is 2. The lowest BCUT2D eigenvalue weighted by molar-refractivity contribution is 0.156. The van der Waals surface area contributed by atoms with Crippen LogP contribution in [0.4, 0.5) is 20.4 Å². The topological polar surface area (TPSA) is 41.1 Å². The second-order valence-electron chi connectivity index (χ2n) is 5.62. The van der Waals surface area contributed by atoms with E-state index in [1.165, 1.54) is 4.90 Å². The van der Waals surface area contributed by atoms with Crippen molar-refractivity contribution in [3.63, 3.8) is 0 Å². The molecule has 1 N–H and O–H groups in total. The van der Waals surface area contributed by atoms with Crippen LogP contribution in [-0.2, 0) is 5.41 Å². The van der Waals surface area contributed by atoms with E-state index in [4.69, 9.17) is 0 Å². The molecular weight excluding hydrogens is 250 g/mol. The normalized spacial score (nSPS) is 11.8. The average molecular weight is 272 g/mol. The van der Waals surface area contributed by atoms with E-state index in [-0.39, 0.29) is 12.0 Å². The number of anilines is 2. The van der Waals surface area contributed by atoms with Crippen LogP contribution in [0.25, 0.3) is 0 Å². The maximum absolute atomic E-state index is 12.5. The molecule has 0 atom stereocenters. The maximum Gasteiger partial charge on any atom is 0.255 e. The van der Waals surface area contributed by atoms with Gasteiger partial charge in [0.2, 0.25) is 0 Å². The molecule has 1 aromatic heterocycles. The minimum absolute atomic E-state index is 0.236. The van der Waals surface area contributed by atoms with E-state index in [9.17, 15) is 8.78 Å². The van der Waals surface area contributed by atoms with Gasteiger partial charge >= 0.3 is 0 Å². The smallest absolute Gasteiger partial charge is 0.255 e. The van der Waals surface area contributed by atoms with Crippen LogP contribution in [0, 0.1) is 6.92 Å². The van der Waals surface area contributed by atoms with Gasteiger partial charge in [-0.3, -0.25) is 0 Å². The number of rotatable bonds is 4. The number of hydrogen-bond donors (Lipinski definition) is 1. The fourth-order valence-corrected chi connectivity index (χ4v) is 1.75. The Labute approximate surface area is 113 Å². The van der Waals surface area contributed by atoms with Gasteiger partial charge in [0.1, 0.15) is 17.5 Å². The van der Waals surface area contributed by atoms with Crippen LogP contribution in [0.3, 0.4) is 0 Å². The third-order valence-corrected chi connectivity index (χ3v) is 2.80. The van der Waals surface area contributed by atoms with E-state index in [0.717, 1.165) is 5.56 Å². The third-order valence-electron chi connectivity index (χ3n) is 2.80. The van der Waals surface area contributed by atoms with Crippen LogP contribution < -0.4 is 10.2 Å². The Morgan fingerprint density at radius 2 is 1.84 bits per heavy atom. The highest BCUT2D eigenvalue weighted by Gasteiger charge is 2.23. The second-order valence-corrected chi connectivity index (χ2v) is 5.62. The van der Waals surface area contributed by atoms with Gasteiger partial charge in [-0.05, 0) is 6.92 Å². The van der Waals surface area contributed by atoms with Crippen LogP contribution >= 0.6 is 0 Å². The minimum Gasteiger partial charge on any atom is -0.373 e. The molecule has 1 aromatic rings. The quantitative estimate of drug-likeness (QED) is 0.915. The lowest BCUT2D eigenvalue weighted by Crippen LogP contribution is -2.28. The summed E-state index contributed by atoms with van der Waals surface area (Å²) in [5.41, 5.74) is 0.540. The Kier molecular flexibility index (Phi) is 4.66. The summed E-state index contributed by atoms with van der Waals surface area (Å²) in [4.78, 5) is 10.4. The molecule has 0 bridgehead atoms. The van der Waals surface area contributed by atoms with Crippen LogP contribution in [0.2, 0.25) is 0 Å². The molecule has 0 saturated heterocycles. The molecule has 0 aliphatic carbocycles. The van der Waals surface area contributed by atoms with Gasteiger partial charge in [-0.1, -0.05) is 20.8 Å². The molecule has 0 aliphatic rings. The van der Waals surface area contributed by atoms with Gasteiger partial charge in [0.25, 0.3) is 6.43 Å². The highest BCUT2D eigenvalue weighted by molar-refractivity contribution is 5.58. The van der Waals surface area contributed by atoms with E-state index in [2.05, 4.69) is 15.3 Å². The van der Waals surface area contributed by atoms with Gasteiger partial charge in [0.05, 0.1) is 6.54 Å². The number of halogens is 2. The van der Waals surface area contributed by atoms with Crippen molar-refractivity contribution in [3.8, 4) is 0 Å². The standard InChI is InChI=1S/C13H22F2N4/c1-8-10(16-5)17-12(13(2,3)4)18-11(8)19(6)7-9(14)15/h9H,7H2,1-6H3,(H,16,17,18). The SMILES string of the molecule is CNc1nc(C(C)(C)C)nc(N(C)CC(F)F)c1C. The summed E-state index contributed by atoms with van der Waals surface area (Å²) in [6, 6.07) is 0. The van der Waals surface area contributed by atoms with Crippen LogP contribution in [-0.4, -0.2) is 37.0 Å². The fourth-order valence-electron chi connectivity index (χ4n) is 1.75. The number of nitrogens with zero attached hydrogens (tertiary/aromatic N) is 3. The van der Waals surface area contributed by atoms with Gasteiger partial charge in [-0.25, -0.2) is 18.7 Å². The zero-order valence-corrected chi connectivity index (χ0v) is 12.4. The largest absolute Gasteiger partial charge is 0.373 e. The zero-order valence-electron chi connectivity index (χ0n) is 12.4. The number of hydrogen-bond acceptors (Lipinski definition) is 4. The van der Waals surface area contributed by atoms with E-state index in [0.29, 0.717) is 17.5 Å². The summed E-state index contributed by atoms with van der Waals surface area (Å²) in [7, 11) is 3.38. The van der Waals surface area contributed by atoms with E-state index in [1.807, 2.05) is 27.7 Å². The maximum atomic E-state index is 12.5. The van der Waals surface area contributed by atoms with Gasteiger partial charge in [0.15, 0.2) is 0 Å². The van der Waals surface area contributed by atoms with Crippen molar-refractivity contribution in [3.05, 3.63) is 11.4 Å². The lowest BCUT2D eigenvalue weighted by atomic mass is 9.95. The summed E-state index contributed by atoms with van der Waals surface area (Å²) < 4.78 is 25.0. The van der Waals surface area contributed by atoms with Crippen molar-refractivity contribution in [1.29, 1.82) is 0 Å². The molecular formula is C13H22F2N4. The third kappa shape index (κ3) is 3.75. The Morgan fingerprint density at radius 3 is 2.26 bits per heavy atom. The first-order valence-corrected chi connectivity index (χ1v) is 6.23. The first kappa shape index (κ1) is 15.6. The number of aromatic nitrogens is 2. The fraction of sp³-hybridized carbons (Fsp3) is 0.692. The van der Waals surface area contributed by atoms with E-state index >= 15 is 0 Å². The molecule has 0 aromatic carbocycles. The molecule has 0 aliphatic heterocycles. The summed E-state index contributed by atoms with van der Waals surface area (Å²) in [5, 5.41) is 2.99. The van der Waals surface area contributed by atoms with Crippen molar-refractivity contribution in [1.82, 2.24) is 9.97 Å². The predicted octanol–water partition coefficient (Wildman–Crippen LogP) is 2.83.